The van der Waals surface area contributed by atoms with Gasteiger partial charge in [0, 0.05) is 35.3 Å². The summed E-state index contributed by atoms with van der Waals surface area (Å²) in [4.78, 5) is 23.2. The van der Waals surface area contributed by atoms with E-state index in [0.29, 0.717) is 0 Å². The van der Waals surface area contributed by atoms with E-state index in [1.165, 1.54) is 57.3 Å². The Labute approximate surface area is 208 Å². The molecule has 0 fully saturated rings. The van der Waals surface area contributed by atoms with Crippen LogP contribution in [0.25, 0.3) is 0 Å². The number of pyridine rings is 1. The normalized spacial score (nSPS) is 14.3. The van der Waals surface area contributed by atoms with Crippen LogP contribution in [0.3, 0.4) is 0 Å². The molecule has 2 aromatic carbocycles. The molecule has 6 nitrogen and oxygen atoms in total. The van der Waals surface area contributed by atoms with Crippen LogP contribution in [0.2, 0.25) is 10.0 Å². The van der Waals surface area contributed by atoms with Crippen molar-refractivity contribution in [3.05, 3.63) is 91.3 Å². The number of halogens is 5. The molecule has 2 N–H and O–H groups in total. The first-order valence-electron chi connectivity index (χ1n) is 10.1. The van der Waals surface area contributed by atoms with Crippen LogP contribution in [0, 0.1) is 6.92 Å². The summed E-state index contributed by atoms with van der Waals surface area (Å²) in [6.45, 7) is 2.53. The average Bonchev–Trinajstić information content (AvgIpc) is 2.76. The summed E-state index contributed by atoms with van der Waals surface area (Å²) in [5, 5.41) is 20.1. The zero-order chi connectivity index (χ0) is 26.3. The van der Waals surface area contributed by atoms with Gasteiger partial charge in [0.25, 0.3) is 5.56 Å². The van der Waals surface area contributed by atoms with Gasteiger partial charge in [-0.1, -0.05) is 36.2 Å². The second-order valence-electron chi connectivity index (χ2n) is 8.05. The van der Waals surface area contributed by atoms with E-state index in [-0.39, 0.29) is 38.2 Å². The second kappa shape index (κ2) is 9.56. The van der Waals surface area contributed by atoms with E-state index in [9.17, 15) is 33.0 Å². The SMILES string of the molecule is Cc1cc(C(O)(C(C)c2ccc(Oc3ccc(Cl)c(C(=O)O)c3)cc2Cl)C(F)(F)F)cn(C)c1=O. The number of hydrogen-bond acceptors (Lipinski definition) is 4. The molecule has 3 aromatic rings. The number of aryl methyl sites for hydroxylation is 2. The van der Waals surface area contributed by atoms with Crippen molar-refractivity contribution in [2.75, 3.05) is 0 Å². The molecule has 11 heteroatoms. The Balaban J connectivity index is 2.02. The number of rotatable bonds is 6. The maximum atomic E-state index is 14.3. The zero-order valence-corrected chi connectivity index (χ0v) is 20.2. The quantitative estimate of drug-likeness (QED) is 0.406. The lowest BCUT2D eigenvalue weighted by Gasteiger charge is -2.37. The van der Waals surface area contributed by atoms with E-state index in [1.807, 2.05) is 0 Å². The van der Waals surface area contributed by atoms with Crippen LogP contribution >= 0.6 is 23.2 Å². The molecular formula is C24H20Cl2F3NO5. The molecular weight excluding hydrogens is 510 g/mol. The summed E-state index contributed by atoms with van der Waals surface area (Å²) in [5.74, 6) is -2.59. The summed E-state index contributed by atoms with van der Waals surface area (Å²) in [6.07, 6.45) is -4.16. The Hall–Kier alpha value is -3.01. The van der Waals surface area contributed by atoms with Crippen LogP contribution in [0.15, 0.2) is 53.5 Å². The molecule has 0 aliphatic carbocycles. The molecule has 1 heterocycles. The minimum absolute atomic E-state index is 0.00661. The lowest BCUT2D eigenvalue weighted by atomic mass is 9.78. The smallest absolute Gasteiger partial charge is 0.422 e. The first kappa shape index (κ1) is 26.6. The van der Waals surface area contributed by atoms with Gasteiger partial charge in [-0.15, -0.1) is 0 Å². The van der Waals surface area contributed by atoms with Gasteiger partial charge in [0.2, 0.25) is 0 Å². The monoisotopic (exact) mass is 529 g/mol. The fourth-order valence-corrected chi connectivity index (χ4v) is 4.29. The first-order valence-corrected chi connectivity index (χ1v) is 10.9. The molecule has 0 radical (unpaired) electrons. The molecule has 0 saturated heterocycles. The third-order valence-corrected chi connectivity index (χ3v) is 6.36. The predicted molar refractivity (Wildman–Crippen MR) is 125 cm³/mol. The number of nitrogens with zero attached hydrogens (tertiary/aromatic N) is 1. The van der Waals surface area contributed by atoms with Gasteiger partial charge < -0.3 is 19.5 Å². The highest BCUT2D eigenvalue weighted by molar-refractivity contribution is 6.33. The topological polar surface area (TPSA) is 88.8 Å². The molecule has 0 aliphatic heterocycles. The van der Waals surface area contributed by atoms with E-state index in [1.54, 1.807) is 0 Å². The van der Waals surface area contributed by atoms with Crippen LogP contribution in [0.4, 0.5) is 13.2 Å². The Morgan fingerprint density at radius 3 is 2.20 bits per heavy atom. The molecule has 0 aliphatic rings. The van der Waals surface area contributed by atoms with E-state index in [0.717, 1.165) is 16.8 Å². The molecule has 0 spiro atoms. The molecule has 0 saturated carbocycles. The molecule has 2 atom stereocenters. The van der Waals surface area contributed by atoms with Crippen molar-refractivity contribution in [1.29, 1.82) is 0 Å². The standard InChI is InChI=1S/C24H20Cl2F3NO5/c1-12-8-14(11-30(3)21(12)31)23(34,24(27,28)29)13(2)17-6-4-16(10-20(17)26)35-15-5-7-19(25)18(9-15)22(32)33/h4-11,13,34H,1-3H3,(H,32,33). The van der Waals surface area contributed by atoms with Gasteiger partial charge in [0.1, 0.15) is 11.5 Å². The van der Waals surface area contributed by atoms with Crippen molar-refractivity contribution in [3.8, 4) is 11.5 Å². The van der Waals surface area contributed by atoms with Crippen molar-refractivity contribution in [1.82, 2.24) is 4.57 Å². The van der Waals surface area contributed by atoms with Gasteiger partial charge in [-0.05, 0) is 48.9 Å². The Morgan fingerprint density at radius 2 is 1.66 bits per heavy atom. The molecule has 186 valence electrons. The lowest BCUT2D eigenvalue weighted by molar-refractivity contribution is -0.274. The number of ether oxygens (including phenoxy) is 1. The molecule has 1 aromatic heterocycles. The van der Waals surface area contributed by atoms with Crippen LogP contribution < -0.4 is 10.3 Å². The van der Waals surface area contributed by atoms with Gasteiger partial charge in [0.05, 0.1) is 10.6 Å². The molecule has 2 unspecified atom stereocenters. The summed E-state index contributed by atoms with van der Waals surface area (Å²) >= 11 is 12.1. The van der Waals surface area contributed by atoms with Crippen LogP contribution in [0.5, 0.6) is 11.5 Å². The van der Waals surface area contributed by atoms with Crippen molar-refractivity contribution in [2.24, 2.45) is 7.05 Å². The van der Waals surface area contributed by atoms with Crippen molar-refractivity contribution >= 4 is 29.2 Å². The molecule has 0 bridgehead atoms. The molecule has 0 amide bonds. The summed E-state index contributed by atoms with van der Waals surface area (Å²) in [7, 11) is 1.30. The van der Waals surface area contributed by atoms with E-state index < -0.39 is 34.8 Å². The first-order chi connectivity index (χ1) is 16.2. The fraction of sp³-hybridized carbons (Fsp3) is 0.250. The van der Waals surface area contributed by atoms with E-state index in [2.05, 4.69) is 0 Å². The number of alkyl halides is 3. The summed E-state index contributed by atoms with van der Waals surface area (Å²) in [5.41, 5.74) is -4.52. The number of carbonyl (C=O) groups is 1. The number of aliphatic hydroxyl groups is 1. The van der Waals surface area contributed by atoms with E-state index in [4.69, 9.17) is 27.9 Å². The van der Waals surface area contributed by atoms with Gasteiger partial charge in [-0.3, -0.25) is 4.79 Å². The van der Waals surface area contributed by atoms with Crippen molar-refractivity contribution in [3.63, 3.8) is 0 Å². The highest BCUT2D eigenvalue weighted by atomic mass is 35.5. The lowest BCUT2D eigenvalue weighted by Crippen LogP contribution is -2.47. The third-order valence-electron chi connectivity index (χ3n) is 5.70. The third kappa shape index (κ3) is 5.03. The maximum absolute atomic E-state index is 14.3. The largest absolute Gasteiger partial charge is 0.478 e. The second-order valence-corrected chi connectivity index (χ2v) is 8.86. The predicted octanol–water partition coefficient (Wildman–Crippen LogP) is 6.04. The Morgan fingerprint density at radius 1 is 1.06 bits per heavy atom. The van der Waals surface area contributed by atoms with Crippen molar-refractivity contribution < 1.29 is 32.9 Å². The number of aromatic carboxylic acids is 1. The van der Waals surface area contributed by atoms with Gasteiger partial charge >= 0.3 is 12.1 Å². The number of carboxylic acid groups (broad SMARTS) is 1. The van der Waals surface area contributed by atoms with E-state index >= 15 is 0 Å². The van der Waals surface area contributed by atoms with Gasteiger partial charge in [-0.25, -0.2) is 4.79 Å². The molecule has 3 rings (SSSR count). The van der Waals surface area contributed by atoms with Gasteiger partial charge in [-0.2, -0.15) is 13.2 Å². The maximum Gasteiger partial charge on any atom is 0.422 e. The van der Waals surface area contributed by atoms with Crippen LogP contribution in [-0.4, -0.2) is 26.9 Å². The van der Waals surface area contributed by atoms with Gasteiger partial charge in [0.15, 0.2) is 5.60 Å². The number of benzene rings is 2. The van der Waals surface area contributed by atoms with Crippen LogP contribution in [0.1, 0.15) is 39.9 Å². The summed E-state index contributed by atoms with van der Waals surface area (Å²) < 4.78 is 49.4. The number of aromatic nitrogens is 1. The Bertz CT molecular complexity index is 1330. The van der Waals surface area contributed by atoms with Crippen molar-refractivity contribution in [2.45, 2.75) is 31.5 Å². The Kier molecular flexibility index (Phi) is 7.26. The highest BCUT2D eigenvalue weighted by Gasteiger charge is 2.59. The number of carboxylic acids is 1. The minimum Gasteiger partial charge on any atom is -0.478 e. The fourth-order valence-electron chi connectivity index (χ4n) is 3.76. The minimum atomic E-state index is -5.11. The highest BCUT2D eigenvalue weighted by Crippen LogP contribution is 2.50. The number of hydrogen-bond donors (Lipinski definition) is 2. The zero-order valence-electron chi connectivity index (χ0n) is 18.7. The van der Waals surface area contributed by atoms with Crippen LogP contribution in [-0.2, 0) is 12.6 Å². The average molecular weight is 530 g/mol. The molecule has 35 heavy (non-hydrogen) atoms. The summed E-state index contributed by atoms with van der Waals surface area (Å²) in [6, 6.07) is 8.83.